The van der Waals surface area contributed by atoms with Gasteiger partial charge in [0.05, 0.1) is 53.3 Å². The third-order valence-electron chi connectivity index (χ3n) is 14.0. The molecule has 3 fully saturated rings. The second-order valence-electron chi connectivity index (χ2n) is 19.4. The summed E-state index contributed by atoms with van der Waals surface area (Å²) in [6, 6.07) is 19.6. The van der Waals surface area contributed by atoms with E-state index in [0.717, 1.165) is 83.2 Å². The molecule has 0 aliphatic carbocycles. The number of likely N-dealkylation sites (tertiary alicyclic amines) is 2. The van der Waals surface area contributed by atoms with E-state index in [1.807, 2.05) is 32.6 Å². The lowest BCUT2D eigenvalue weighted by Crippen LogP contribution is -2.51. The summed E-state index contributed by atoms with van der Waals surface area (Å²) < 4.78 is 4.83. The smallest absolute Gasteiger partial charge is 0.407 e. The number of aromatic amines is 2. The Hall–Kier alpha value is -6.16. The summed E-state index contributed by atoms with van der Waals surface area (Å²) >= 11 is 0. The van der Waals surface area contributed by atoms with E-state index in [2.05, 4.69) is 100 Å². The van der Waals surface area contributed by atoms with Crippen molar-refractivity contribution >= 4 is 51.8 Å². The lowest BCUT2D eigenvalue weighted by Gasteiger charge is -2.34. The SMILES string of the molecule is COC(=O)N[C@H](C(=O)N1CCC[C@H]1c1nc2ccc([C@H]3CC[C@H](c4ccc5nc([C@@H]6CCCN6C(=O)[C@@H](NC(=O)O)C(C)C)[nH]c5c4)N3c3ccc(C(C)(C)CN)cc3)cc2[nH]1)C(C)C. The molecule has 5 aromatic rings. The highest BCUT2D eigenvalue weighted by Gasteiger charge is 2.40. The van der Waals surface area contributed by atoms with Gasteiger partial charge in [0.2, 0.25) is 11.8 Å². The van der Waals surface area contributed by atoms with Gasteiger partial charge in [-0.25, -0.2) is 19.6 Å². The van der Waals surface area contributed by atoms with Gasteiger partial charge >= 0.3 is 12.2 Å². The van der Waals surface area contributed by atoms with Gasteiger partial charge in [-0.05, 0) is 103 Å². The van der Waals surface area contributed by atoms with Crippen LogP contribution in [0.1, 0.15) is 133 Å². The number of H-pyrrole nitrogens is 2. The average molecular weight is 889 g/mol. The van der Waals surface area contributed by atoms with Crippen LogP contribution in [-0.2, 0) is 19.7 Å². The zero-order chi connectivity index (χ0) is 46.3. The highest BCUT2D eigenvalue weighted by molar-refractivity contribution is 5.87. The normalized spacial score (nSPS) is 21.2. The van der Waals surface area contributed by atoms with Crippen molar-refractivity contribution in [2.24, 2.45) is 17.6 Å². The van der Waals surface area contributed by atoms with Gasteiger partial charge in [-0.1, -0.05) is 65.8 Å². The molecule has 16 heteroatoms. The van der Waals surface area contributed by atoms with E-state index < -0.39 is 24.3 Å². The standard InChI is InChI=1S/C49H64N10O6/c1-27(2)41(55-47(62)63)45(60)57-22-8-10-39(57)43-51-33-18-12-29(24-35(33)53-43)37-20-21-38(59(37)32-16-14-31(15-17-32)49(5,6)26-50)30-13-19-34-36(25-30)54-44(52-34)40-11-9-23-58(40)46(61)42(28(3)4)56-48(64)65-7/h12-19,24-25,27-28,37-42,55H,8-11,20-23,26,50H2,1-7H3,(H,51,53)(H,52,54)(H,56,64)(H,62,63)/t37-,38-,39+,40+,41+,42+/m1/s1. The molecule has 0 radical (unpaired) electrons. The molecule has 3 aliphatic heterocycles. The Morgan fingerprint density at radius 1 is 0.738 bits per heavy atom. The maximum absolute atomic E-state index is 13.9. The van der Waals surface area contributed by atoms with Crippen LogP contribution in [0.25, 0.3) is 22.1 Å². The molecule has 3 aliphatic rings. The second kappa shape index (κ2) is 18.4. The maximum atomic E-state index is 13.9. The molecule has 0 unspecified atom stereocenters. The van der Waals surface area contributed by atoms with Crippen LogP contribution in [0, 0.1) is 11.8 Å². The fourth-order valence-electron chi connectivity index (χ4n) is 10.2. The van der Waals surface area contributed by atoms with Crippen LogP contribution in [0.3, 0.4) is 0 Å². The number of imidazole rings is 2. The van der Waals surface area contributed by atoms with Crippen molar-refractivity contribution < 1.29 is 29.0 Å². The van der Waals surface area contributed by atoms with Gasteiger partial charge < -0.3 is 50.9 Å². The number of hydrogen-bond donors (Lipinski definition) is 6. The van der Waals surface area contributed by atoms with Crippen molar-refractivity contribution in [3.05, 3.63) is 89.0 Å². The first-order valence-electron chi connectivity index (χ1n) is 23.1. The quantitative estimate of drug-likeness (QED) is 0.0676. The molecule has 5 heterocycles. The van der Waals surface area contributed by atoms with E-state index in [9.17, 15) is 24.3 Å². The van der Waals surface area contributed by atoms with Crippen molar-refractivity contribution in [2.75, 3.05) is 31.6 Å². The number of fused-ring (bicyclic) bond motifs is 2. The van der Waals surface area contributed by atoms with Crippen molar-refractivity contribution in [3.8, 4) is 0 Å². The van der Waals surface area contributed by atoms with Gasteiger partial charge in [-0.15, -0.1) is 0 Å². The molecule has 3 saturated heterocycles. The molecule has 2 aromatic heterocycles. The summed E-state index contributed by atoms with van der Waals surface area (Å²) in [4.78, 5) is 74.6. The number of hydrogen-bond acceptors (Lipinski definition) is 9. The summed E-state index contributed by atoms with van der Waals surface area (Å²) in [5, 5.41) is 14.6. The summed E-state index contributed by atoms with van der Waals surface area (Å²) in [6.45, 7) is 13.5. The molecule has 3 aromatic carbocycles. The van der Waals surface area contributed by atoms with Crippen LogP contribution >= 0.6 is 0 Å². The number of carbonyl (C=O) groups is 4. The number of nitrogens with one attached hydrogen (secondary N) is 4. The molecule has 7 N–H and O–H groups in total. The number of amides is 4. The summed E-state index contributed by atoms with van der Waals surface area (Å²) in [6.07, 6.45) is 3.08. The van der Waals surface area contributed by atoms with Crippen LogP contribution < -0.4 is 21.3 Å². The van der Waals surface area contributed by atoms with Crippen LogP contribution in [0.2, 0.25) is 0 Å². The maximum Gasteiger partial charge on any atom is 0.407 e. The Bertz CT molecular complexity index is 2550. The molecule has 346 valence electrons. The number of rotatable bonds is 13. The van der Waals surface area contributed by atoms with E-state index >= 15 is 0 Å². The van der Waals surface area contributed by atoms with E-state index in [-0.39, 0.29) is 53.2 Å². The molecule has 8 rings (SSSR count). The molecule has 16 nitrogen and oxygen atoms in total. The molecule has 65 heavy (non-hydrogen) atoms. The third kappa shape index (κ3) is 8.96. The Kier molecular flexibility index (Phi) is 12.8. The number of anilines is 1. The topological polar surface area (TPSA) is 215 Å². The Labute approximate surface area is 380 Å². The monoisotopic (exact) mass is 889 g/mol. The van der Waals surface area contributed by atoms with Crippen LogP contribution in [0.15, 0.2) is 60.7 Å². The number of benzene rings is 3. The minimum Gasteiger partial charge on any atom is -0.465 e. The van der Waals surface area contributed by atoms with Gasteiger partial charge in [0.25, 0.3) is 0 Å². The summed E-state index contributed by atoms with van der Waals surface area (Å²) in [5.41, 5.74) is 14.0. The summed E-state index contributed by atoms with van der Waals surface area (Å²) in [7, 11) is 1.30. The number of carboxylic acid groups (broad SMARTS) is 1. The first-order valence-corrected chi connectivity index (χ1v) is 23.1. The van der Waals surface area contributed by atoms with Gasteiger partial charge in [0.1, 0.15) is 23.7 Å². The molecular weight excluding hydrogens is 825 g/mol. The molecular formula is C49H64N10O6. The second-order valence-corrected chi connectivity index (χ2v) is 19.4. The zero-order valence-corrected chi connectivity index (χ0v) is 38.6. The van der Waals surface area contributed by atoms with Gasteiger partial charge in [-0.2, -0.15) is 0 Å². The van der Waals surface area contributed by atoms with Crippen molar-refractivity contribution in [2.45, 2.75) is 122 Å². The van der Waals surface area contributed by atoms with E-state index in [1.54, 1.807) is 4.90 Å². The highest BCUT2D eigenvalue weighted by atomic mass is 16.5. The lowest BCUT2D eigenvalue weighted by molar-refractivity contribution is -0.136. The molecule has 6 atom stereocenters. The fourth-order valence-corrected chi connectivity index (χ4v) is 10.2. The number of carbonyl (C=O) groups excluding carboxylic acids is 3. The minimum atomic E-state index is -1.22. The number of nitrogens with two attached hydrogens (primary N) is 1. The first kappa shape index (κ1) is 45.4. The van der Waals surface area contributed by atoms with Gasteiger partial charge in [-0.3, -0.25) is 9.59 Å². The van der Waals surface area contributed by atoms with Crippen molar-refractivity contribution in [1.29, 1.82) is 0 Å². The minimum absolute atomic E-state index is 0.0292. The number of aromatic nitrogens is 4. The molecule has 4 amide bonds. The predicted octanol–water partition coefficient (Wildman–Crippen LogP) is 7.76. The van der Waals surface area contributed by atoms with E-state index in [1.165, 1.54) is 12.7 Å². The van der Waals surface area contributed by atoms with Crippen molar-refractivity contribution in [1.82, 2.24) is 40.4 Å². The van der Waals surface area contributed by atoms with E-state index in [0.29, 0.717) is 25.5 Å². The van der Waals surface area contributed by atoms with Gasteiger partial charge in [0, 0.05) is 30.7 Å². The molecule has 0 bridgehead atoms. The highest BCUT2D eigenvalue weighted by Crippen LogP contribution is 2.48. The molecule has 0 spiro atoms. The largest absolute Gasteiger partial charge is 0.465 e. The van der Waals surface area contributed by atoms with Gasteiger partial charge in [0.15, 0.2) is 0 Å². The lowest BCUT2D eigenvalue weighted by atomic mass is 9.85. The predicted molar refractivity (Wildman–Crippen MR) is 249 cm³/mol. The van der Waals surface area contributed by atoms with Crippen LogP contribution in [0.4, 0.5) is 15.3 Å². The van der Waals surface area contributed by atoms with Crippen LogP contribution in [0.5, 0.6) is 0 Å². The Morgan fingerprint density at radius 3 is 1.65 bits per heavy atom. The van der Waals surface area contributed by atoms with E-state index in [4.69, 9.17) is 20.4 Å². The average Bonchev–Trinajstić information content (AvgIpc) is 4.15. The third-order valence-corrected chi connectivity index (χ3v) is 14.0. The first-order chi connectivity index (χ1) is 31.1. The van der Waals surface area contributed by atoms with Crippen LogP contribution in [-0.4, -0.2) is 97.7 Å². The molecule has 0 saturated carbocycles. The zero-order valence-electron chi connectivity index (χ0n) is 38.6. The number of methoxy groups -OCH3 is 1. The number of alkyl carbamates (subject to hydrolysis) is 1. The Balaban J connectivity index is 1.10. The summed E-state index contributed by atoms with van der Waals surface area (Å²) in [5.74, 6) is 0.722. The number of ether oxygens (including phenoxy) is 1. The Morgan fingerprint density at radius 2 is 1.22 bits per heavy atom. The fraction of sp³-hybridized carbons (Fsp3) is 0.510. The number of nitrogens with zero attached hydrogens (tertiary/aromatic N) is 5. The van der Waals surface area contributed by atoms with Crippen molar-refractivity contribution in [3.63, 3.8) is 0 Å².